The van der Waals surface area contributed by atoms with Gasteiger partial charge in [0.2, 0.25) is 0 Å². The number of piperazine rings is 1. The van der Waals surface area contributed by atoms with Crippen LogP contribution >= 0.6 is 12.4 Å². The van der Waals surface area contributed by atoms with Crippen molar-refractivity contribution >= 4 is 23.8 Å². The number of hydrogen-bond acceptors (Lipinski definition) is 5. The van der Waals surface area contributed by atoms with E-state index in [1.54, 1.807) is 12.1 Å². The molecule has 1 saturated heterocycles. The molecule has 0 bridgehead atoms. The summed E-state index contributed by atoms with van der Waals surface area (Å²) in [4.78, 5) is 14.8. The zero-order chi connectivity index (χ0) is 13.0. The summed E-state index contributed by atoms with van der Waals surface area (Å²) in [6, 6.07) is 6.83. The SMILES string of the molecule is Cl.O=[N+]([O-])c1ccccc1N1CCN(CCO)CC1. The highest BCUT2D eigenvalue weighted by molar-refractivity contribution is 5.85. The number of aliphatic hydroxyl groups is 1. The number of hydrogen-bond donors (Lipinski definition) is 1. The lowest BCUT2D eigenvalue weighted by Crippen LogP contribution is -2.47. The number of β-amino-alcohol motifs (C(OH)–C–C–N with tert-alkyl or cyclic N) is 1. The number of nitro benzene ring substituents is 1. The van der Waals surface area contributed by atoms with Gasteiger partial charge in [0, 0.05) is 38.8 Å². The van der Waals surface area contributed by atoms with Gasteiger partial charge in [-0.25, -0.2) is 0 Å². The fraction of sp³-hybridized carbons (Fsp3) is 0.500. The molecule has 106 valence electrons. The lowest BCUT2D eigenvalue weighted by atomic mass is 10.2. The van der Waals surface area contributed by atoms with Crippen molar-refractivity contribution in [2.45, 2.75) is 0 Å². The van der Waals surface area contributed by atoms with Crippen LogP contribution in [0.3, 0.4) is 0 Å². The van der Waals surface area contributed by atoms with Crippen LogP contribution in [0.2, 0.25) is 0 Å². The van der Waals surface area contributed by atoms with E-state index in [4.69, 9.17) is 5.11 Å². The van der Waals surface area contributed by atoms with Crippen LogP contribution in [-0.4, -0.2) is 54.3 Å². The Morgan fingerprint density at radius 1 is 1.21 bits per heavy atom. The van der Waals surface area contributed by atoms with Crippen LogP contribution in [0.1, 0.15) is 0 Å². The van der Waals surface area contributed by atoms with Crippen LogP contribution in [0.15, 0.2) is 24.3 Å². The molecule has 19 heavy (non-hydrogen) atoms. The fourth-order valence-corrected chi connectivity index (χ4v) is 2.24. The van der Waals surface area contributed by atoms with E-state index in [2.05, 4.69) is 4.90 Å². The smallest absolute Gasteiger partial charge is 0.292 e. The molecule has 0 saturated carbocycles. The third kappa shape index (κ3) is 3.79. The maximum absolute atomic E-state index is 11.0. The topological polar surface area (TPSA) is 69.9 Å². The molecule has 0 unspecified atom stereocenters. The van der Waals surface area contributed by atoms with E-state index in [0.717, 1.165) is 26.2 Å². The Bertz CT molecular complexity index is 422. The number of para-hydroxylation sites is 2. The minimum atomic E-state index is -0.338. The molecule has 0 spiro atoms. The molecule has 2 rings (SSSR count). The molecule has 6 nitrogen and oxygen atoms in total. The van der Waals surface area contributed by atoms with Crippen LogP contribution in [0.5, 0.6) is 0 Å². The van der Waals surface area contributed by atoms with E-state index in [1.807, 2.05) is 11.0 Å². The summed E-state index contributed by atoms with van der Waals surface area (Å²) >= 11 is 0. The van der Waals surface area contributed by atoms with Gasteiger partial charge in [0.1, 0.15) is 5.69 Å². The van der Waals surface area contributed by atoms with Gasteiger partial charge in [-0.05, 0) is 6.07 Å². The summed E-state index contributed by atoms with van der Waals surface area (Å²) in [5.41, 5.74) is 0.847. The van der Waals surface area contributed by atoms with Crippen molar-refractivity contribution < 1.29 is 10.0 Å². The van der Waals surface area contributed by atoms with E-state index in [9.17, 15) is 10.1 Å². The van der Waals surface area contributed by atoms with Gasteiger partial charge in [0.15, 0.2) is 0 Å². The average molecular weight is 288 g/mol. The molecule has 1 aliphatic heterocycles. The van der Waals surface area contributed by atoms with E-state index < -0.39 is 0 Å². The highest BCUT2D eigenvalue weighted by atomic mass is 35.5. The molecule has 1 aliphatic rings. The molecular formula is C12H18ClN3O3. The van der Waals surface area contributed by atoms with Gasteiger partial charge in [-0.1, -0.05) is 12.1 Å². The van der Waals surface area contributed by atoms with Gasteiger partial charge in [0.05, 0.1) is 11.5 Å². The predicted octanol–water partition coefficient (Wildman–Crippen LogP) is 1.13. The van der Waals surface area contributed by atoms with Crippen LogP contribution < -0.4 is 4.90 Å². The standard InChI is InChI=1S/C12H17N3O3.ClH/c16-10-9-13-5-7-14(8-6-13)11-3-1-2-4-12(11)15(17)18;/h1-4,16H,5-10H2;1H. The molecule has 1 aromatic carbocycles. The van der Waals surface area contributed by atoms with Gasteiger partial charge in [-0.2, -0.15) is 0 Å². The maximum atomic E-state index is 11.0. The van der Waals surface area contributed by atoms with Gasteiger partial charge >= 0.3 is 0 Å². The van der Waals surface area contributed by atoms with Gasteiger partial charge in [-0.3, -0.25) is 15.0 Å². The zero-order valence-electron chi connectivity index (χ0n) is 10.6. The van der Waals surface area contributed by atoms with Crippen molar-refractivity contribution in [3.05, 3.63) is 34.4 Å². The summed E-state index contributed by atoms with van der Waals surface area (Å²) in [7, 11) is 0. The Morgan fingerprint density at radius 2 is 1.84 bits per heavy atom. The highest BCUT2D eigenvalue weighted by Crippen LogP contribution is 2.28. The molecule has 1 fully saturated rings. The summed E-state index contributed by atoms with van der Waals surface area (Å²) in [6.07, 6.45) is 0. The maximum Gasteiger partial charge on any atom is 0.292 e. The third-order valence-corrected chi connectivity index (χ3v) is 3.21. The van der Waals surface area contributed by atoms with Gasteiger partial charge < -0.3 is 10.0 Å². The van der Waals surface area contributed by atoms with Crippen molar-refractivity contribution in [2.24, 2.45) is 0 Å². The van der Waals surface area contributed by atoms with Gasteiger partial charge in [0.25, 0.3) is 5.69 Å². The van der Waals surface area contributed by atoms with Crippen LogP contribution in [0.25, 0.3) is 0 Å². The average Bonchev–Trinajstić information content (AvgIpc) is 2.40. The Labute approximate surface area is 118 Å². The molecule has 0 aromatic heterocycles. The number of anilines is 1. The van der Waals surface area contributed by atoms with E-state index in [-0.39, 0.29) is 29.6 Å². The molecule has 1 heterocycles. The molecule has 7 heteroatoms. The Balaban J connectivity index is 0.00000180. The molecule has 0 radical (unpaired) electrons. The minimum Gasteiger partial charge on any atom is -0.395 e. The molecule has 1 N–H and O–H groups in total. The highest BCUT2D eigenvalue weighted by Gasteiger charge is 2.22. The number of halogens is 1. The lowest BCUT2D eigenvalue weighted by Gasteiger charge is -2.35. The first-order chi connectivity index (χ1) is 8.72. The first-order valence-electron chi connectivity index (χ1n) is 6.04. The molecule has 0 atom stereocenters. The second kappa shape index (κ2) is 7.28. The van der Waals surface area contributed by atoms with E-state index in [0.29, 0.717) is 12.2 Å². The minimum absolute atomic E-state index is 0. The monoisotopic (exact) mass is 287 g/mol. The van der Waals surface area contributed by atoms with Crippen molar-refractivity contribution in [1.82, 2.24) is 4.90 Å². The normalized spacial score (nSPS) is 15.9. The predicted molar refractivity (Wildman–Crippen MR) is 76.1 cm³/mol. The second-order valence-electron chi connectivity index (χ2n) is 4.30. The van der Waals surface area contributed by atoms with Crippen LogP contribution in [0, 0.1) is 10.1 Å². The summed E-state index contributed by atoms with van der Waals surface area (Å²) < 4.78 is 0. The fourth-order valence-electron chi connectivity index (χ4n) is 2.24. The van der Waals surface area contributed by atoms with Crippen molar-refractivity contribution in [3.63, 3.8) is 0 Å². The molecule has 0 aliphatic carbocycles. The Hall–Kier alpha value is -1.37. The quantitative estimate of drug-likeness (QED) is 0.664. The molecule has 1 aromatic rings. The van der Waals surface area contributed by atoms with Crippen molar-refractivity contribution in [3.8, 4) is 0 Å². The summed E-state index contributed by atoms with van der Waals surface area (Å²) in [5, 5.41) is 19.8. The molecular weight excluding hydrogens is 270 g/mol. The van der Waals surface area contributed by atoms with Crippen LogP contribution in [0.4, 0.5) is 11.4 Å². The number of nitrogens with zero attached hydrogens (tertiary/aromatic N) is 3. The second-order valence-corrected chi connectivity index (χ2v) is 4.30. The van der Waals surface area contributed by atoms with Gasteiger partial charge in [-0.15, -0.1) is 12.4 Å². The van der Waals surface area contributed by atoms with E-state index in [1.165, 1.54) is 6.07 Å². The first-order valence-corrected chi connectivity index (χ1v) is 6.04. The number of aliphatic hydroxyl groups excluding tert-OH is 1. The largest absolute Gasteiger partial charge is 0.395 e. The van der Waals surface area contributed by atoms with Crippen LogP contribution in [-0.2, 0) is 0 Å². The zero-order valence-corrected chi connectivity index (χ0v) is 11.4. The first kappa shape index (κ1) is 15.7. The third-order valence-electron chi connectivity index (χ3n) is 3.21. The molecule has 0 amide bonds. The summed E-state index contributed by atoms with van der Waals surface area (Å²) in [5.74, 6) is 0. The number of benzene rings is 1. The Kier molecular flexibility index (Phi) is 6.01. The lowest BCUT2D eigenvalue weighted by molar-refractivity contribution is -0.384. The summed E-state index contributed by atoms with van der Waals surface area (Å²) in [6.45, 7) is 3.99. The van der Waals surface area contributed by atoms with Crippen molar-refractivity contribution in [2.75, 3.05) is 44.2 Å². The van der Waals surface area contributed by atoms with Crippen molar-refractivity contribution in [1.29, 1.82) is 0 Å². The van der Waals surface area contributed by atoms with E-state index >= 15 is 0 Å². The Morgan fingerprint density at radius 3 is 2.42 bits per heavy atom. The number of rotatable bonds is 4. The number of nitro groups is 1.